The number of allylic oxidation sites excluding steroid dienone is 2. The van der Waals surface area contributed by atoms with E-state index >= 15 is 0 Å². The van der Waals surface area contributed by atoms with Crippen LogP contribution >= 0.6 is 0 Å². The Kier molecular flexibility index (Phi) is 5.26. The third-order valence-electron chi connectivity index (χ3n) is 4.89. The third-order valence-corrected chi connectivity index (χ3v) is 4.89. The maximum absolute atomic E-state index is 12.6. The van der Waals surface area contributed by atoms with Crippen molar-refractivity contribution < 1.29 is 23.8 Å². The molecular weight excluding hydrogens is 322 g/mol. The molecule has 3 atom stereocenters. The highest BCUT2D eigenvalue weighted by Crippen LogP contribution is 2.36. The molecule has 1 heterocycles. The highest BCUT2D eigenvalue weighted by Gasteiger charge is 2.43. The SMILES string of the molecule is COc1ccc(CNC(=O)[C@@H]2CC=C[C@@H]3CCOC(=O)[C@@H]32)cc1OC. The molecule has 0 aromatic heterocycles. The van der Waals surface area contributed by atoms with Crippen molar-refractivity contribution in [2.45, 2.75) is 19.4 Å². The molecule has 1 aliphatic heterocycles. The molecule has 1 aliphatic carbocycles. The summed E-state index contributed by atoms with van der Waals surface area (Å²) in [4.78, 5) is 24.7. The van der Waals surface area contributed by atoms with Gasteiger partial charge in [-0.15, -0.1) is 0 Å². The number of methoxy groups -OCH3 is 2. The fourth-order valence-electron chi connectivity index (χ4n) is 3.55. The van der Waals surface area contributed by atoms with Crippen LogP contribution in [0.5, 0.6) is 11.5 Å². The van der Waals surface area contributed by atoms with Gasteiger partial charge >= 0.3 is 5.97 Å². The lowest BCUT2D eigenvalue weighted by atomic mass is 9.73. The number of carbonyl (C=O) groups excluding carboxylic acids is 2. The van der Waals surface area contributed by atoms with Gasteiger partial charge in [-0.3, -0.25) is 9.59 Å². The monoisotopic (exact) mass is 345 g/mol. The predicted octanol–water partition coefficient (Wildman–Crippen LogP) is 2.08. The number of nitrogens with one attached hydrogen (secondary N) is 1. The lowest BCUT2D eigenvalue weighted by molar-refractivity contribution is -0.161. The summed E-state index contributed by atoms with van der Waals surface area (Å²) in [6, 6.07) is 5.51. The van der Waals surface area contributed by atoms with Gasteiger partial charge in [0.1, 0.15) is 0 Å². The van der Waals surface area contributed by atoms with Crippen molar-refractivity contribution in [3.8, 4) is 11.5 Å². The maximum Gasteiger partial charge on any atom is 0.310 e. The summed E-state index contributed by atoms with van der Waals surface area (Å²) in [6.45, 7) is 0.802. The van der Waals surface area contributed by atoms with Crippen molar-refractivity contribution >= 4 is 11.9 Å². The molecule has 134 valence electrons. The first-order chi connectivity index (χ1) is 12.1. The fourth-order valence-corrected chi connectivity index (χ4v) is 3.55. The Morgan fingerprint density at radius 1 is 1.28 bits per heavy atom. The second-order valence-corrected chi connectivity index (χ2v) is 6.32. The van der Waals surface area contributed by atoms with Crippen LogP contribution in [0.4, 0.5) is 0 Å². The highest BCUT2D eigenvalue weighted by molar-refractivity contribution is 5.86. The largest absolute Gasteiger partial charge is 0.493 e. The number of esters is 1. The van der Waals surface area contributed by atoms with Gasteiger partial charge in [-0.1, -0.05) is 18.2 Å². The summed E-state index contributed by atoms with van der Waals surface area (Å²) in [6.07, 6.45) is 5.39. The Labute approximate surface area is 147 Å². The Hall–Kier alpha value is -2.50. The van der Waals surface area contributed by atoms with Crippen molar-refractivity contribution in [3.05, 3.63) is 35.9 Å². The number of benzene rings is 1. The van der Waals surface area contributed by atoms with E-state index in [1.54, 1.807) is 20.3 Å². The van der Waals surface area contributed by atoms with E-state index in [0.29, 0.717) is 31.1 Å². The number of ether oxygens (including phenoxy) is 3. The van der Waals surface area contributed by atoms with Gasteiger partial charge in [0, 0.05) is 6.54 Å². The number of rotatable bonds is 5. The van der Waals surface area contributed by atoms with Crippen LogP contribution in [-0.2, 0) is 20.9 Å². The first-order valence-corrected chi connectivity index (χ1v) is 8.46. The molecule has 1 aromatic carbocycles. The van der Waals surface area contributed by atoms with Crippen LogP contribution in [0.15, 0.2) is 30.4 Å². The van der Waals surface area contributed by atoms with Crippen molar-refractivity contribution in [1.29, 1.82) is 0 Å². The summed E-state index contributed by atoms with van der Waals surface area (Å²) in [5.41, 5.74) is 0.903. The minimum absolute atomic E-state index is 0.104. The Morgan fingerprint density at radius 2 is 2.08 bits per heavy atom. The van der Waals surface area contributed by atoms with E-state index in [4.69, 9.17) is 14.2 Å². The number of cyclic esters (lactones) is 1. The molecular formula is C19H23NO5. The lowest BCUT2D eigenvalue weighted by Gasteiger charge is -2.35. The smallest absolute Gasteiger partial charge is 0.310 e. The van der Waals surface area contributed by atoms with Crippen LogP contribution < -0.4 is 14.8 Å². The standard InChI is InChI=1S/C19H23NO5/c1-23-15-7-6-12(10-16(15)24-2)11-20-18(21)14-5-3-4-13-8-9-25-19(22)17(13)14/h3-4,6-7,10,13-14,17H,5,8-9,11H2,1-2H3,(H,20,21)/t13-,14-,17+/m1/s1. The normalized spacial score (nSPS) is 24.9. The first-order valence-electron chi connectivity index (χ1n) is 8.46. The number of amides is 1. The number of carbonyl (C=O) groups is 2. The molecule has 0 saturated carbocycles. The van der Waals surface area contributed by atoms with Crippen LogP contribution in [0.1, 0.15) is 18.4 Å². The maximum atomic E-state index is 12.6. The summed E-state index contributed by atoms with van der Waals surface area (Å²) in [5, 5.41) is 2.93. The lowest BCUT2D eigenvalue weighted by Crippen LogP contribution is -2.45. The molecule has 1 amide bonds. The van der Waals surface area contributed by atoms with Gasteiger partial charge in [-0.25, -0.2) is 0 Å². The van der Waals surface area contributed by atoms with Crippen LogP contribution in [0.3, 0.4) is 0 Å². The zero-order valence-electron chi connectivity index (χ0n) is 14.5. The van der Waals surface area contributed by atoms with E-state index in [2.05, 4.69) is 5.32 Å². The van der Waals surface area contributed by atoms with Gasteiger partial charge in [-0.05, 0) is 36.5 Å². The van der Waals surface area contributed by atoms with E-state index in [9.17, 15) is 9.59 Å². The number of hydrogen-bond acceptors (Lipinski definition) is 5. The molecule has 6 heteroatoms. The minimum atomic E-state index is -0.372. The van der Waals surface area contributed by atoms with E-state index in [1.165, 1.54) is 0 Å². The van der Waals surface area contributed by atoms with Crippen molar-refractivity contribution in [1.82, 2.24) is 5.32 Å². The van der Waals surface area contributed by atoms with Gasteiger partial charge in [-0.2, -0.15) is 0 Å². The zero-order chi connectivity index (χ0) is 17.8. The number of fused-ring (bicyclic) bond motifs is 1. The summed E-state index contributed by atoms with van der Waals surface area (Å²) < 4.78 is 15.7. The Morgan fingerprint density at radius 3 is 2.84 bits per heavy atom. The molecule has 1 saturated heterocycles. The molecule has 1 N–H and O–H groups in total. The molecule has 0 unspecified atom stereocenters. The number of hydrogen-bond donors (Lipinski definition) is 1. The van der Waals surface area contributed by atoms with Gasteiger partial charge < -0.3 is 19.5 Å². The third kappa shape index (κ3) is 3.62. The van der Waals surface area contributed by atoms with Crippen molar-refractivity contribution in [3.63, 3.8) is 0 Å². The Balaban J connectivity index is 1.66. The van der Waals surface area contributed by atoms with Crippen LogP contribution in [0.2, 0.25) is 0 Å². The summed E-state index contributed by atoms with van der Waals surface area (Å²) in [7, 11) is 3.15. The molecule has 6 nitrogen and oxygen atoms in total. The molecule has 1 aromatic rings. The molecule has 0 radical (unpaired) electrons. The van der Waals surface area contributed by atoms with Crippen molar-refractivity contribution in [2.24, 2.45) is 17.8 Å². The van der Waals surface area contributed by atoms with Crippen LogP contribution in [0.25, 0.3) is 0 Å². The molecule has 1 fully saturated rings. The fraction of sp³-hybridized carbons (Fsp3) is 0.474. The molecule has 0 spiro atoms. The average Bonchev–Trinajstić information content (AvgIpc) is 2.65. The van der Waals surface area contributed by atoms with E-state index in [1.807, 2.05) is 24.3 Å². The molecule has 0 bridgehead atoms. The minimum Gasteiger partial charge on any atom is -0.493 e. The molecule has 25 heavy (non-hydrogen) atoms. The zero-order valence-corrected chi connectivity index (χ0v) is 14.5. The Bertz CT molecular complexity index is 684. The predicted molar refractivity (Wildman–Crippen MR) is 91.2 cm³/mol. The second-order valence-electron chi connectivity index (χ2n) is 6.32. The van der Waals surface area contributed by atoms with Crippen molar-refractivity contribution in [2.75, 3.05) is 20.8 Å². The van der Waals surface area contributed by atoms with E-state index in [-0.39, 0.29) is 29.6 Å². The highest BCUT2D eigenvalue weighted by atomic mass is 16.5. The van der Waals surface area contributed by atoms with E-state index in [0.717, 1.165) is 12.0 Å². The van der Waals surface area contributed by atoms with Gasteiger partial charge in [0.05, 0.1) is 32.7 Å². The second kappa shape index (κ2) is 7.59. The summed E-state index contributed by atoms with van der Waals surface area (Å²) in [5.74, 6) is 0.243. The van der Waals surface area contributed by atoms with Crippen LogP contribution in [-0.4, -0.2) is 32.7 Å². The molecule has 2 aliphatic rings. The van der Waals surface area contributed by atoms with Gasteiger partial charge in [0.15, 0.2) is 11.5 Å². The van der Waals surface area contributed by atoms with Gasteiger partial charge in [0.2, 0.25) is 5.91 Å². The van der Waals surface area contributed by atoms with Gasteiger partial charge in [0.25, 0.3) is 0 Å². The quantitative estimate of drug-likeness (QED) is 0.653. The molecule has 3 rings (SSSR count). The first kappa shape index (κ1) is 17.3. The summed E-state index contributed by atoms with van der Waals surface area (Å²) >= 11 is 0. The average molecular weight is 345 g/mol. The topological polar surface area (TPSA) is 73.9 Å². The van der Waals surface area contributed by atoms with Crippen LogP contribution in [0, 0.1) is 17.8 Å². The van der Waals surface area contributed by atoms with E-state index < -0.39 is 0 Å².